The normalized spacial score (nSPS) is 12.3. The number of unbranched alkanes of at least 4 members (excludes halogenated alkanes) is 10. The zero-order valence-corrected chi connectivity index (χ0v) is 18.8. The molecule has 0 saturated heterocycles. The fourth-order valence-corrected chi connectivity index (χ4v) is 3.61. The third-order valence-corrected chi connectivity index (χ3v) is 5.74. The molecule has 0 saturated carbocycles. The molecule has 0 radical (unpaired) electrons. The summed E-state index contributed by atoms with van der Waals surface area (Å²) in [4.78, 5) is 33.9. The minimum Gasteiger partial charge on any atom is -0.481 e. The molecule has 0 bridgehead atoms. The second-order valence-corrected chi connectivity index (χ2v) is 9.00. The van der Waals surface area contributed by atoms with Crippen LogP contribution >= 0.6 is 0 Å². The van der Waals surface area contributed by atoms with E-state index in [4.69, 9.17) is 9.66 Å². The summed E-state index contributed by atoms with van der Waals surface area (Å²) >= 11 is 0. The Morgan fingerprint density at radius 1 is 0.900 bits per heavy atom. The molecule has 1 unspecified atom stereocenters. The zero-order valence-electron chi connectivity index (χ0n) is 17.9. The summed E-state index contributed by atoms with van der Waals surface area (Å²) in [7, 11) is -4.88. The van der Waals surface area contributed by atoms with Gasteiger partial charge in [-0.15, -0.1) is 0 Å². The molecule has 0 aromatic rings. The SMILES string of the molecule is CCCCCCCCCCCCCC(=O)NCCOC(=O)C(CC(=O)O)S(=O)(=O)O. The van der Waals surface area contributed by atoms with Crippen LogP contribution in [0.15, 0.2) is 0 Å². The average Bonchev–Trinajstić information content (AvgIpc) is 2.66. The molecular weight excluding hydrogens is 414 g/mol. The number of hydrogen-bond acceptors (Lipinski definition) is 6. The Kier molecular flexibility index (Phi) is 16.1. The fourth-order valence-electron chi connectivity index (χ4n) is 2.94. The van der Waals surface area contributed by atoms with Gasteiger partial charge in [0.1, 0.15) is 6.61 Å². The van der Waals surface area contributed by atoms with Crippen LogP contribution in [0.4, 0.5) is 0 Å². The molecule has 1 atom stereocenters. The van der Waals surface area contributed by atoms with E-state index >= 15 is 0 Å². The molecule has 0 heterocycles. The van der Waals surface area contributed by atoms with Crippen molar-refractivity contribution in [1.29, 1.82) is 0 Å². The summed E-state index contributed by atoms with van der Waals surface area (Å²) in [5.74, 6) is -3.12. The first kappa shape index (κ1) is 28.3. The van der Waals surface area contributed by atoms with Gasteiger partial charge < -0.3 is 15.2 Å². The van der Waals surface area contributed by atoms with Gasteiger partial charge in [-0.2, -0.15) is 8.42 Å². The van der Waals surface area contributed by atoms with E-state index in [0.717, 1.165) is 19.3 Å². The Balaban J connectivity index is 3.72. The predicted molar refractivity (Wildman–Crippen MR) is 113 cm³/mol. The number of hydrogen-bond donors (Lipinski definition) is 3. The van der Waals surface area contributed by atoms with Crippen molar-refractivity contribution in [3.8, 4) is 0 Å². The number of aliphatic carboxylic acids is 1. The molecule has 0 aliphatic rings. The molecule has 176 valence electrons. The number of carbonyl (C=O) groups excluding carboxylic acids is 2. The average molecular weight is 452 g/mol. The van der Waals surface area contributed by atoms with Gasteiger partial charge in [0.05, 0.1) is 13.0 Å². The van der Waals surface area contributed by atoms with E-state index in [1.807, 2.05) is 0 Å². The van der Waals surface area contributed by atoms with E-state index in [9.17, 15) is 22.8 Å². The Bertz CT molecular complexity index is 606. The van der Waals surface area contributed by atoms with Crippen LogP contribution in [0.2, 0.25) is 0 Å². The number of carbonyl (C=O) groups is 3. The molecule has 0 aromatic carbocycles. The molecular formula is C20H37NO8S. The Labute approximate surface area is 179 Å². The van der Waals surface area contributed by atoms with Crippen molar-refractivity contribution in [2.24, 2.45) is 0 Å². The summed E-state index contributed by atoms with van der Waals surface area (Å²) in [6.07, 6.45) is 12.3. The van der Waals surface area contributed by atoms with Crippen LogP contribution in [-0.4, -0.2) is 54.3 Å². The van der Waals surface area contributed by atoms with Gasteiger partial charge >= 0.3 is 11.9 Å². The maximum absolute atomic E-state index is 11.7. The van der Waals surface area contributed by atoms with E-state index in [2.05, 4.69) is 17.0 Å². The van der Waals surface area contributed by atoms with Gasteiger partial charge in [0.25, 0.3) is 10.1 Å². The molecule has 0 aromatic heterocycles. The largest absolute Gasteiger partial charge is 0.481 e. The number of esters is 1. The smallest absolute Gasteiger partial charge is 0.327 e. The van der Waals surface area contributed by atoms with Crippen LogP contribution in [0.1, 0.15) is 90.4 Å². The monoisotopic (exact) mass is 451 g/mol. The lowest BCUT2D eigenvalue weighted by Crippen LogP contribution is -2.36. The van der Waals surface area contributed by atoms with Gasteiger partial charge in [-0.3, -0.25) is 18.9 Å². The number of amides is 1. The summed E-state index contributed by atoms with van der Waals surface area (Å²) < 4.78 is 35.7. The Morgan fingerprint density at radius 3 is 1.87 bits per heavy atom. The first-order chi connectivity index (χ1) is 14.2. The van der Waals surface area contributed by atoms with Gasteiger partial charge in [-0.1, -0.05) is 71.1 Å². The molecule has 0 spiro atoms. The molecule has 0 aliphatic heterocycles. The summed E-state index contributed by atoms with van der Waals surface area (Å²) in [5, 5.41) is 8.97. The third-order valence-electron chi connectivity index (χ3n) is 4.66. The highest BCUT2D eigenvalue weighted by atomic mass is 32.2. The predicted octanol–water partition coefficient (Wildman–Crippen LogP) is 3.08. The highest BCUT2D eigenvalue weighted by molar-refractivity contribution is 7.87. The minimum absolute atomic E-state index is 0.0200. The van der Waals surface area contributed by atoms with Crippen LogP contribution in [0.25, 0.3) is 0 Å². The molecule has 0 fully saturated rings. The van der Waals surface area contributed by atoms with Crippen molar-refractivity contribution in [2.45, 2.75) is 95.6 Å². The highest BCUT2D eigenvalue weighted by Gasteiger charge is 2.34. The maximum Gasteiger partial charge on any atom is 0.327 e. The van der Waals surface area contributed by atoms with E-state index in [-0.39, 0.29) is 19.1 Å². The van der Waals surface area contributed by atoms with Crippen molar-refractivity contribution >= 4 is 28.0 Å². The first-order valence-electron chi connectivity index (χ1n) is 10.8. The van der Waals surface area contributed by atoms with Gasteiger partial charge in [-0.05, 0) is 6.42 Å². The van der Waals surface area contributed by atoms with Gasteiger partial charge in [0.15, 0.2) is 5.25 Å². The number of rotatable bonds is 19. The molecule has 30 heavy (non-hydrogen) atoms. The second kappa shape index (κ2) is 17.0. The summed E-state index contributed by atoms with van der Waals surface area (Å²) in [6, 6.07) is 0. The van der Waals surface area contributed by atoms with E-state index in [0.29, 0.717) is 6.42 Å². The number of carboxylic acids is 1. The van der Waals surface area contributed by atoms with E-state index < -0.39 is 33.7 Å². The fraction of sp³-hybridized carbons (Fsp3) is 0.850. The lowest BCUT2D eigenvalue weighted by Gasteiger charge is -2.12. The van der Waals surface area contributed by atoms with E-state index in [1.165, 1.54) is 51.4 Å². The Hall–Kier alpha value is -1.68. The Morgan fingerprint density at radius 2 is 1.40 bits per heavy atom. The summed E-state index contributed by atoms with van der Waals surface area (Å²) in [5.41, 5.74) is 0. The lowest BCUT2D eigenvalue weighted by molar-refractivity contribution is -0.147. The number of ether oxygens (including phenoxy) is 1. The quantitative estimate of drug-likeness (QED) is 0.154. The van der Waals surface area contributed by atoms with Crippen LogP contribution in [0.5, 0.6) is 0 Å². The van der Waals surface area contributed by atoms with Crippen molar-refractivity contribution in [2.75, 3.05) is 13.2 Å². The molecule has 9 nitrogen and oxygen atoms in total. The van der Waals surface area contributed by atoms with Crippen LogP contribution in [0, 0.1) is 0 Å². The van der Waals surface area contributed by atoms with Crippen molar-refractivity contribution in [1.82, 2.24) is 5.32 Å². The maximum atomic E-state index is 11.7. The number of nitrogens with one attached hydrogen (secondary N) is 1. The van der Waals surface area contributed by atoms with Crippen molar-refractivity contribution in [3.63, 3.8) is 0 Å². The van der Waals surface area contributed by atoms with Crippen molar-refractivity contribution in [3.05, 3.63) is 0 Å². The second-order valence-electron chi connectivity index (χ2n) is 7.40. The topological polar surface area (TPSA) is 147 Å². The molecule has 1 amide bonds. The molecule has 0 aliphatic carbocycles. The van der Waals surface area contributed by atoms with Gasteiger partial charge in [0.2, 0.25) is 5.91 Å². The minimum atomic E-state index is -4.88. The summed E-state index contributed by atoms with van der Waals surface area (Å²) in [6.45, 7) is 1.88. The molecule has 3 N–H and O–H groups in total. The van der Waals surface area contributed by atoms with Crippen LogP contribution in [0.3, 0.4) is 0 Å². The zero-order chi connectivity index (χ0) is 22.8. The van der Waals surface area contributed by atoms with Gasteiger partial charge in [-0.25, -0.2) is 0 Å². The third kappa shape index (κ3) is 16.2. The molecule has 0 rings (SSSR count). The van der Waals surface area contributed by atoms with E-state index in [1.54, 1.807) is 0 Å². The molecule has 10 heteroatoms. The van der Waals surface area contributed by atoms with Crippen LogP contribution < -0.4 is 5.32 Å². The number of carboxylic acid groups (broad SMARTS) is 1. The standard InChI is InChI=1S/C20H37NO8S/c1-2-3-4-5-6-7-8-9-10-11-12-13-18(22)21-14-15-29-20(25)17(16-19(23)24)30(26,27)28/h17H,2-16H2,1H3,(H,21,22)(H,23,24)(H,26,27,28). The highest BCUT2D eigenvalue weighted by Crippen LogP contribution is 2.12. The lowest BCUT2D eigenvalue weighted by atomic mass is 10.1. The van der Waals surface area contributed by atoms with Crippen LogP contribution in [-0.2, 0) is 29.2 Å². The van der Waals surface area contributed by atoms with Gasteiger partial charge in [0, 0.05) is 6.42 Å². The van der Waals surface area contributed by atoms with Crippen molar-refractivity contribution < 1.29 is 37.2 Å². The first-order valence-corrected chi connectivity index (χ1v) is 12.3.